The maximum absolute atomic E-state index is 10.9. The summed E-state index contributed by atoms with van der Waals surface area (Å²) in [6, 6.07) is 17.3. The monoisotopic (exact) mass is 383 g/mol. The normalized spacial score (nSPS) is 11.0. The van der Waals surface area contributed by atoms with E-state index in [-0.39, 0.29) is 0 Å². The fraction of sp³-hybridized carbons (Fsp3) is 0.0526. The first-order valence-electron chi connectivity index (χ1n) is 7.87. The molecule has 0 spiro atoms. The van der Waals surface area contributed by atoms with E-state index in [0.29, 0.717) is 11.3 Å². The van der Waals surface area contributed by atoms with Gasteiger partial charge in [0.1, 0.15) is 11.6 Å². The Bertz CT molecular complexity index is 1090. The van der Waals surface area contributed by atoms with Crippen molar-refractivity contribution in [3.05, 3.63) is 69.4 Å². The van der Waals surface area contributed by atoms with Crippen LogP contribution in [0.25, 0.3) is 22.4 Å². The van der Waals surface area contributed by atoms with Gasteiger partial charge in [0.2, 0.25) is 0 Å². The number of nitrogens with two attached hydrogens (primary N) is 1. The molecule has 0 saturated carbocycles. The highest BCUT2D eigenvalue weighted by Crippen LogP contribution is 2.26. The Labute approximate surface area is 158 Å². The Morgan fingerprint density at radius 2 is 1.96 bits per heavy atom. The molecule has 7 heteroatoms. The number of aromatic amines is 1. The lowest BCUT2D eigenvalue weighted by Crippen LogP contribution is -2.16. The van der Waals surface area contributed by atoms with Crippen molar-refractivity contribution in [2.45, 2.75) is 6.42 Å². The van der Waals surface area contributed by atoms with Crippen molar-refractivity contribution in [3.63, 3.8) is 0 Å². The number of aromatic nitrogens is 2. The highest BCUT2D eigenvalue weighted by atomic mass is 35.5. The smallest absolute Gasteiger partial charge is 0.409 e. The predicted octanol–water partition coefficient (Wildman–Crippen LogP) is 4.99. The molecular formula is C19H14ClN3O2S. The number of carbonyl (C=O) groups is 1. The van der Waals surface area contributed by atoms with Crippen LogP contribution in [0.15, 0.2) is 54.6 Å². The number of hydrogen-bond donors (Lipinski definition) is 2. The van der Waals surface area contributed by atoms with Crippen LogP contribution in [0.4, 0.5) is 4.79 Å². The number of rotatable bonds is 4. The highest BCUT2D eigenvalue weighted by Gasteiger charge is 2.08. The minimum absolute atomic E-state index is 0.369. The first kappa shape index (κ1) is 16.6. The molecule has 26 heavy (non-hydrogen) atoms. The molecular weight excluding hydrogens is 370 g/mol. The number of benzene rings is 2. The van der Waals surface area contributed by atoms with Crippen molar-refractivity contribution < 1.29 is 9.53 Å². The van der Waals surface area contributed by atoms with Gasteiger partial charge < -0.3 is 15.5 Å². The summed E-state index contributed by atoms with van der Waals surface area (Å²) in [6.07, 6.45) is 0.00809. The number of nitrogens with zero attached hydrogens (tertiary/aromatic N) is 1. The van der Waals surface area contributed by atoms with Gasteiger partial charge in [0.25, 0.3) is 0 Å². The third kappa shape index (κ3) is 3.56. The molecule has 2 aromatic heterocycles. The van der Waals surface area contributed by atoms with Crippen LogP contribution < -0.4 is 10.5 Å². The van der Waals surface area contributed by atoms with Crippen molar-refractivity contribution >= 4 is 40.1 Å². The number of H-pyrrole nitrogens is 1. The van der Waals surface area contributed by atoms with Gasteiger partial charge in [0.05, 0.1) is 15.4 Å². The van der Waals surface area contributed by atoms with Gasteiger partial charge in [0.15, 0.2) is 0 Å². The van der Waals surface area contributed by atoms with Gasteiger partial charge in [-0.3, -0.25) is 0 Å². The second-order valence-electron chi connectivity index (χ2n) is 5.76. The summed E-state index contributed by atoms with van der Waals surface area (Å²) in [5, 5.41) is 0. The lowest BCUT2D eigenvalue weighted by molar-refractivity contribution is 0.211. The summed E-state index contributed by atoms with van der Waals surface area (Å²) in [7, 11) is 0. The Balaban J connectivity index is 1.57. The molecule has 0 atom stereocenters. The third-order valence-electron chi connectivity index (χ3n) is 3.91. The van der Waals surface area contributed by atoms with Crippen LogP contribution in [0.3, 0.4) is 0 Å². The molecule has 5 nitrogen and oxygen atoms in total. The number of hydrogen-bond acceptors (Lipinski definition) is 4. The average molecular weight is 384 g/mol. The van der Waals surface area contributed by atoms with Crippen molar-refractivity contribution in [2.24, 2.45) is 5.73 Å². The van der Waals surface area contributed by atoms with E-state index in [0.717, 1.165) is 27.7 Å². The summed E-state index contributed by atoms with van der Waals surface area (Å²) in [5.41, 5.74) is 8.79. The Morgan fingerprint density at radius 3 is 2.65 bits per heavy atom. The second kappa shape index (κ2) is 6.82. The van der Waals surface area contributed by atoms with E-state index in [9.17, 15) is 4.79 Å². The Morgan fingerprint density at radius 1 is 1.15 bits per heavy atom. The topological polar surface area (TPSA) is 81.0 Å². The molecule has 2 heterocycles. The van der Waals surface area contributed by atoms with Gasteiger partial charge in [0, 0.05) is 22.9 Å². The number of primary amides is 1. The van der Waals surface area contributed by atoms with Crippen molar-refractivity contribution in [3.8, 4) is 17.1 Å². The zero-order chi connectivity index (χ0) is 18.1. The lowest BCUT2D eigenvalue weighted by Gasteiger charge is -2.01. The summed E-state index contributed by atoms with van der Waals surface area (Å²) >= 11 is 7.57. The van der Waals surface area contributed by atoms with Crippen LogP contribution in [0.5, 0.6) is 5.75 Å². The fourth-order valence-corrected chi connectivity index (χ4v) is 3.85. The van der Waals surface area contributed by atoms with E-state index in [4.69, 9.17) is 22.1 Å². The highest BCUT2D eigenvalue weighted by molar-refractivity contribution is 7.16. The number of imidazole rings is 1. The first-order chi connectivity index (χ1) is 12.6. The molecule has 2 aromatic carbocycles. The number of carbonyl (C=O) groups excluding carboxylic acids is 1. The summed E-state index contributed by atoms with van der Waals surface area (Å²) in [5.74, 6) is 1.12. The van der Waals surface area contributed by atoms with E-state index < -0.39 is 6.09 Å². The van der Waals surface area contributed by atoms with Crippen LogP contribution in [0, 0.1) is 0 Å². The van der Waals surface area contributed by atoms with E-state index in [2.05, 4.69) is 22.1 Å². The van der Waals surface area contributed by atoms with Crippen molar-refractivity contribution in [1.29, 1.82) is 0 Å². The molecule has 0 radical (unpaired) electrons. The standard InChI is InChI=1S/C19H14ClN3O2S/c20-17-8-6-14(26-17)9-11-1-3-12(4-2-11)18-22-15-7-5-13(25-19(21)24)10-16(15)23-18/h1-8,10H,9H2,(H2,21,24)(H,22,23). The van der Waals surface area contributed by atoms with Gasteiger partial charge in [-0.05, 0) is 29.8 Å². The molecule has 4 rings (SSSR count). The molecule has 1 amide bonds. The second-order valence-corrected chi connectivity index (χ2v) is 7.56. The van der Waals surface area contributed by atoms with Gasteiger partial charge in [-0.2, -0.15) is 0 Å². The van der Waals surface area contributed by atoms with Gasteiger partial charge >= 0.3 is 6.09 Å². The number of fused-ring (bicyclic) bond motifs is 1. The number of halogens is 1. The van der Waals surface area contributed by atoms with Crippen LogP contribution in [0.1, 0.15) is 10.4 Å². The van der Waals surface area contributed by atoms with Crippen LogP contribution in [-0.4, -0.2) is 16.1 Å². The zero-order valence-electron chi connectivity index (χ0n) is 13.5. The average Bonchev–Trinajstić information content (AvgIpc) is 3.20. The van der Waals surface area contributed by atoms with Gasteiger partial charge in [-0.15, -0.1) is 11.3 Å². The maximum Gasteiger partial charge on any atom is 0.409 e. The molecule has 4 aromatic rings. The predicted molar refractivity (Wildman–Crippen MR) is 104 cm³/mol. The fourth-order valence-electron chi connectivity index (χ4n) is 2.73. The molecule has 3 N–H and O–H groups in total. The van der Waals surface area contributed by atoms with E-state index >= 15 is 0 Å². The van der Waals surface area contributed by atoms with E-state index in [1.807, 2.05) is 24.3 Å². The van der Waals surface area contributed by atoms with Gasteiger partial charge in [-0.25, -0.2) is 9.78 Å². The summed E-state index contributed by atoms with van der Waals surface area (Å²) in [4.78, 5) is 19.9. The summed E-state index contributed by atoms with van der Waals surface area (Å²) in [6.45, 7) is 0. The largest absolute Gasteiger partial charge is 0.410 e. The molecule has 0 bridgehead atoms. The maximum atomic E-state index is 10.9. The molecule has 0 unspecified atom stereocenters. The van der Waals surface area contributed by atoms with Crippen LogP contribution in [0.2, 0.25) is 4.34 Å². The Hall–Kier alpha value is -2.83. The summed E-state index contributed by atoms with van der Waals surface area (Å²) < 4.78 is 5.69. The Kier molecular flexibility index (Phi) is 4.36. The van der Waals surface area contributed by atoms with Crippen molar-refractivity contribution in [2.75, 3.05) is 0 Å². The molecule has 0 fully saturated rings. The number of ether oxygens (including phenoxy) is 1. The first-order valence-corrected chi connectivity index (χ1v) is 9.07. The van der Waals surface area contributed by atoms with Crippen LogP contribution in [-0.2, 0) is 6.42 Å². The van der Waals surface area contributed by atoms with Crippen molar-refractivity contribution in [1.82, 2.24) is 9.97 Å². The molecule has 130 valence electrons. The lowest BCUT2D eigenvalue weighted by atomic mass is 10.1. The zero-order valence-corrected chi connectivity index (χ0v) is 15.1. The molecule has 0 aliphatic rings. The van der Waals surface area contributed by atoms with Gasteiger partial charge in [-0.1, -0.05) is 35.9 Å². The minimum atomic E-state index is -0.845. The number of thiophene rings is 1. The van der Waals surface area contributed by atoms with E-state index in [1.54, 1.807) is 29.5 Å². The quantitative estimate of drug-likeness (QED) is 0.520. The third-order valence-corrected chi connectivity index (χ3v) is 5.14. The molecule has 0 aliphatic heterocycles. The number of nitrogens with one attached hydrogen (secondary N) is 1. The molecule has 0 saturated heterocycles. The number of amides is 1. The minimum Gasteiger partial charge on any atom is -0.410 e. The van der Waals surface area contributed by atoms with E-state index in [1.165, 1.54) is 10.4 Å². The SMILES string of the molecule is NC(=O)Oc1ccc2[nH]c(-c3ccc(Cc4ccc(Cl)s4)cc3)nc2c1. The molecule has 0 aliphatic carbocycles. The van der Waals surface area contributed by atoms with Crippen LogP contribution >= 0.6 is 22.9 Å².